The molecule has 1 aromatic rings. The Kier molecular flexibility index (Phi) is 4.11. The van der Waals surface area contributed by atoms with Gasteiger partial charge in [0.1, 0.15) is 5.69 Å². The Morgan fingerprint density at radius 1 is 0.944 bits per heavy atom. The van der Waals surface area contributed by atoms with Crippen LogP contribution in [0.1, 0.15) is 5.69 Å². The average molecular weight is 305 g/mol. The summed E-state index contributed by atoms with van der Waals surface area (Å²) in [5, 5.41) is 6.35. The molecule has 0 saturated heterocycles. The molecule has 0 unspecified atom stereocenters. The molecule has 0 atom stereocenters. The fourth-order valence-electron chi connectivity index (χ4n) is 1.27. The Morgan fingerprint density at radius 3 is 2.61 bits per heavy atom. The van der Waals surface area contributed by atoms with E-state index >= 15 is 0 Å². The maximum absolute atomic E-state index is 4.19. The maximum atomic E-state index is 4.19. The van der Waals surface area contributed by atoms with Crippen molar-refractivity contribution in [3.63, 3.8) is 0 Å². The Bertz CT molecular complexity index is 595. The van der Waals surface area contributed by atoms with Crippen LogP contribution in [0.3, 0.4) is 0 Å². The second-order valence-corrected chi connectivity index (χ2v) is 7.53. The van der Waals surface area contributed by atoms with Crippen molar-refractivity contribution in [3.05, 3.63) is 59.7 Å². The zero-order valence-electron chi connectivity index (χ0n) is 9.12. The highest BCUT2D eigenvalue weighted by molar-refractivity contribution is 8.33. The first-order chi connectivity index (χ1) is 8.92. The molecule has 0 saturated carbocycles. The van der Waals surface area contributed by atoms with Gasteiger partial charge in [0.2, 0.25) is 0 Å². The van der Waals surface area contributed by atoms with E-state index < -0.39 is 0 Å². The van der Waals surface area contributed by atoms with Gasteiger partial charge >= 0.3 is 0 Å². The third-order valence-electron chi connectivity index (χ3n) is 2.03. The van der Waals surface area contributed by atoms with Crippen molar-refractivity contribution < 1.29 is 0 Å². The van der Waals surface area contributed by atoms with E-state index in [9.17, 15) is 0 Å². The van der Waals surface area contributed by atoms with E-state index in [1.807, 2.05) is 18.2 Å². The lowest BCUT2D eigenvalue weighted by Gasteiger charge is -1.98. The van der Waals surface area contributed by atoms with Crippen LogP contribution >= 0.6 is 47.0 Å². The third kappa shape index (κ3) is 3.01. The molecular weight excluding hydrogens is 298 g/mol. The molecule has 88 valence electrons. The van der Waals surface area contributed by atoms with Crippen LogP contribution in [0, 0.1) is 11.8 Å². The average Bonchev–Trinajstić information content (AvgIpc) is 3.08. The number of aromatic nitrogens is 1. The van der Waals surface area contributed by atoms with Gasteiger partial charge in [0, 0.05) is 6.20 Å². The summed E-state index contributed by atoms with van der Waals surface area (Å²) in [6, 6.07) is 5.77. The molecule has 0 fully saturated rings. The molecule has 1 nitrogen and oxygen atoms in total. The number of thioether (sulfide) groups is 4. The molecule has 0 aliphatic carbocycles. The number of allylic oxidation sites excluding steroid dienone is 1. The lowest BCUT2D eigenvalue weighted by atomic mass is 10.3. The highest BCUT2D eigenvalue weighted by atomic mass is 32.2. The first-order valence-electron chi connectivity index (χ1n) is 5.12. The molecule has 0 spiro atoms. The highest BCUT2D eigenvalue weighted by Crippen LogP contribution is 2.52. The summed E-state index contributed by atoms with van der Waals surface area (Å²) in [7, 11) is 0. The predicted octanol–water partition coefficient (Wildman–Crippen LogP) is 4.83. The molecule has 0 N–H and O–H groups in total. The van der Waals surface area contributed by atoms with Gasteiger partial charge in [0.05, 0.1) is 13.4 Å². The molecule has 0 aromatic carbocycles. The van der Waals surface area contributed by atoms with Gasteiger partial charge in [-0.3, -0.25) is 0 Å². The van der Waals surface area contributed by atoms with E-state index in [1.54, 1.807) is 53.2 Å². The zero-order chi connectivity index (χ0) is 12.2. The Balaban J connectivity index is 1.70. The molecule has 3 heterocycles. The van der Waals surface area contributed by atoms with Gasteiger partial charge in [-0.05, 0) is 34.3 Å². The van der Waals surface area contributed by atoms with Crippen LogP contribution in [0.2, 0.25) is 0 Å². The van der Waals surface area contributed by atoms with E-state index in [0.717, 1.165) is 10.6 Å². The summed E-state index contributed by atoms with van der Waals surface area (Å²) in [5.41, 5.74) is 0.816. The Morgan fingerprint density at radius 2 is 1.83 bits per heavy atom. The molecule has 0 bridgehead atoms. The van der Waals surface area contributed by atoms with Gasteiger partial charge < -0.3 is 0 Å². The van der Waals surface area contributed by atoms with E-state index in [0.29, 0.717) is 0 Å². The molecule has 18 heavy (non-hydrogen) atoms. The van der Waals surface area contributed by atoms with Crippen molar-refractivity contribution in [1.29, 1.82) is 0 Å². The molecular formula is C13H7NS4. The molecule has 2 aliphatic heterocycles. The number of pyridine rings is 1. The summed E-state index contributed by atoms with van der Waals surface area (Å²) >= 11 is 7.07. The van der Waals surface area contributed by atoms with E-state index in [1.165, 1.54) is 8.47 Å². The number of hydrogen-bond acceptors (Lipinski definition) is 5. The van der Waals surface area contributed by atoms with E-state index in [-0.39, 0.29) is 0 Å². The van der Waals surface area contributed by atoms with Crippen molar-refractivity contribution in [3.8, 4) is 11.8 Å². The minimum atomic E-state index is 0.816. The van der Waals surface area contributed by atoms with Gasteiger partial charge in [0.25, 0.3) is 0 Å². The van der Waals surface area contributed by atoms with E-state index in [4.69, 9.17) is 0 Å². The number of rotatable bonds is 0. The summed E-state index contributed by atoms with van der Waals surface area (Å²) in [6.07, 6.45) is 1.76. The minimum absolute atomic E-state index is 0.816. The summed E-state index contributed by atoms with van der Waals surface area (Å²) in [6.45, 7) is 0. The van der Waals surface area contributed by atoms with Gasteiger partial charge in [-0.2, -0.15) is 0 Å². The number of nitrogens with zero attached hydrogens (tertiary/aromatic N) is 1. The summed E-state index contributed by atoms with van der Waals surface area (Å²) in [5.74, 6) is 6.25. The van der Waals surface area contributed by atoms with Crippen LogP contribution in [0.4, 0.5) is 0 Å². The van der Waals surface area contributed by atoms with Crippen LogP contribution in [-0.2, 0) is 0 Å². The SMILES string of the molecule is C(#Cc1ccccn1)C1=CSC(=C2SC=CS2)S1. The van der Waals surface area contributed by atoms with E-state index in [2.05, 4.69) is 33.0 Å². The third-order valence-corrected chi connectivity index (χ3v) is 6.96. The summed E-state index contributed by atoms with van der Waals surface area (Å²) in [4.78, 5) is 5.29. The van der Waals surface area contributed by atoms with Crippen LogP contribution < -0.4 is 0 Å². The Labute approximate surface area is 123 Å². The predicted molar refractivity (Wildman–Crippen MR) is 85.7 cm³/mol. The highest BCUT2D eigenvalue weighted by Gasteiger charge is 2.17. The first kappa shape index (κ1) is 12.4. The minimum Gasteiger partial charge on any atom is -0.248 e. The molecule has 1 aromatic heterocycles. The van der Waals surface area contributed by atoms with Crippen molar-refractivity contribution in [2.75, 3.05) is 0 Å². The largest absolute Gasteiger partial charge is 0.248 e. The maximum Gasteiger partial charge on any atom is 0.113 e. The topological polar surface area (TPSA) is 12.9 Å². The van der Waals surface area contributed by atoms with Crippen LogP contribution in [0.15, 0.2) is 54.0 Å². The van der Waals surface area contributed by atoms with Crippen molar-refractivity contribution >= 4 is 47.0 Å². The second-order valence-electron chi connectivity index (χ2n) is 3.25. The van der Waals surface area contributed by atoms with Crippen LogP contribution in [0.5, 0.6) is 0 Å². The van der Waals surface area contributed by atoms with Crippen molar-refractivity contribution in [2.45, 2.75) is 0 Å². The zero-order valence-corrected chi connectivity index (χ0v) is 12.4. The quantitative estimate of drug-likeness (QED) is 0.635. The second kappa shape index (κ2) is 5.98. The van der Waals surface area contributed by atoms with Crippen LogP contribution in [-0.4, -0.2) is 4.98 Å². The molecule has 0 amide bonds. The van der Waals surface area contributed by atoms with Gasteiger partial charge in [-0.15, -0.1) is 0 Å². The Hall–Kier alpha value is -0.670. The fraction of sp³-hybridized carbons (Fsp3) is 0. The normalized spacial score (nSPS) is 17.7. The van der Waals surface area contributed by atoms with Gasteiger partial charge in [0.15, 0.2) is 0 Å². The standard InChI is InChI=1S/C13H7NS4/c1-2-6-14-10(3-1)4-5-11-9-17-13(18-11)12-15-7-8-16-12/h1-3,6-9H. The summed E-state index contributed by atoms with van der Waals surface area (Å²) < 4.78 is 2.69. The molecule has 2 aliphatic rings. The molecule has 0 radical (unpaired) electrons. The molecule has 5 heteroatoms. The number of hydrogen-bond donors (Lipinski definition) is 0. The molecule has 3 rings (SSSR count). The van der Waals surface area contributed by atoms with Gasteiger partial charge in [-0.25, -0.2) is 4.98 Å². The lowest BCUT2D eigenvalue weighted by molar-refractivity contribution is 1.29. The smallest absolute Gasteiger partial charge is 0.113 e. The fourth-order valence-corrected chi connectivity index (χ4v) is 5.52. The monoisotopic (exact) mass is 305 g/mol. The van der Waals surface area contributed by atoms with Crippen molar-refractivity contribution in [1.82, 2.24) is 4.98 Å². The van der Waals surface area contributed by atoms with Crippen LogP contribution in [0.25, 0.3) is 0 Å². The first-order valence-corrected chi connectivity index (χ1v) is 8.58. The lowest BCUT2D eigenvalue weighted by Crippen LogP contribution is -1.78. The van der Waals surface area contributed by atoms with Crippen molar-refractivity contribution in [2.24, 2.45) is 0 Å². The van der Waals surface area contributed by atoms with Gasteiger partial charge in [-0.1, -0.05) is 59.0 Å².